The summed E-state index contributed by atoms with van der Waals surface area (Å²) in [4.78, 5) is 15.2. The molecule has 28 heavy (non-hydrogen) atoms. The summed E-state index contributed by atoms with van der Waals surface area (Å²) in [6, 6.07) is 16.2. The highest BCUT2D eigenvalue weighted by atomic mass is 16.5. The Morgan fingerprint density at radius 2 is 1.89 bits per heavy atom. The zero-order valence-electron chi connectivity index (χ0n) is 16.7. The molecule has 0 aromatic heterocycles. The van der Waals surface area contributed by atoms with Crippen LogP contribution in [0.25, 0.3) is 5.70 Å². The van der Waals surface area contributed by atoms with Crippen molar-refractivity contribution in [1.29, 1.82) is 0 Å². The molecule has 0 atom stereocenters. The summed E-state index contributed by atoms with van der Waals surface area (Å²) in [5.41, 5.74) is 5.27. The van der Waals surface area contributed by atoms with E-state index in [1.807, 2.05) is 30.3 Å². The van der Waals surface area contributed by atoms with E-state index in [2.05, 4.69) is 42.3 Å². The lowest BCUT2D eigenvalue weighted by atomic mass is 9.84. The maximum Gasteiger partial charge on any atom is 0.187 e. The van der Waals surface area contributed by atoms with E-state index in [1.165, 1.54) is 11.1 Å². The highest BCUT2D eigenvalue weighted by Gasteiger charge is 2.28. The fourth-order valence-electron chi connectivity index (χ4n) is 4.03. The van der Waals surface area contributed by atoms with E-state index in [-0.39, 0.29) is 11.3 Å². The standard InChI is InChI=1S/C24H28N2O2/c1-24(2)16-20-9-8-18(17-26-10-12-28-13-11-26)14-21(20)22(25-24)15-23(27)19-6-4-3-5-7-19/h3-9,14-15,25H,10-13,16-17H2,1-2H3/b22-15-. The minimum atomic E-state index is -0.0818. The van der Waals surface area contributed by atoms with E-state index in [0.717, 1.165) is 50.5 Å². The highest BCUT2D eigenvalue weighted by molar-refractivity contribution is 6.08. The molecule has 1 N–H and O–H groups in total. The minimum Gasteiger partial charge on any atom is -0.379 e. The van der Waals surface area contributed by atoms with Gasteiger partial charge in [0, 0.05) is 48.1 Å². The predicted octanol–water partition coefficient (Wildman–Crippen LogP) is 3.67. The van der Waals surface area contributed by atoms with Crippen molar-refractivity contribution < 1.29 is 9.53 Å². The Hall–Kier alpha value is -2.43. The quantitative estimate of drug-likeness (QED) is 0.653. The van der Waals surface area contributed by atoms with Gasteiger partial charge in [0.15, 0.2) is 5.78 Å². The average Bonchev–Trinajstić information content (AvgIpc) is 2.69. The third-order valence-corrected chi connectivity index (χ3v) is 5.41. The van der Waals surface area contributed by atoms with Crippen molar-refractivity contribution in [3.63, 3.8) is 0 Å². The van der Waals surface area contributed by atoms with Crippen LogP contribution in [0.2, 0.25) is 0 Å². The zero-order chi connectivity index (χ0) is 19.6. The molecule has 0 amide bonds. The largest absolute Gasteiger partial charge is 0.379 e. The van der Waals surface area contributed by atoms with Crippen LogP contribution in [0, 0.1) is 0 Å². The molecule has 2 aromatic rings. The maximum atomic E-state index is 12.8. The second kappa shape index (κ2) is 7.90. The van der Waals surface area contributed by atoms with Crippen LogP contribution in [0.1, 0.15) is 40.9 Å². The molecule has 0 aliphatic carbocycles. The number of carbonyl (C=O) groups excluding carboxylic acids is 1. The van der Waals surface area contributed by atoms with E-state index >= 15 is 0 Å². The van der Waals surface area contributed by atoms with E-state index in [4.69, 9.17) is 4.74 Å². The average molecular weight is 376 g/mol. The highest BCUT2D eigenvalue weighted by Crippen LogP contribution is 2.31. The number of carbonyl (C=O) groups is 1. The number of hydrogen-bond donors (Lipinski definition) is 1. The van der Waals surface area contributed by atoms with Gasteiger partial charge in [-0.25, -0.2) is 0 Å². The predicted molar refractivity (Wildman–Crippen MR) is 112 cm³/mol. The number of nitrogens with zero attached hydrogens (tertiary/aromatic N) is 1. The summed E-state index contributed by atoms with van der Waals surface area (Å²) in [6.07, 6.45) is 2.70. The fraction of sp³-hybridized carbons (Fsp3) is 0.375. The Balaban J connectivity index is 1.65. The van der Waals surface area contributed by atoms with Gasteiger partial charge in [-0.1, -0.05) is 42.5 Å². The second-order valence-electron chi connectivity index (χ2n) is 8.35. The van der Waals surface area contributed by atoms with Crippen molar-refractivity contribution in [2.45, 2.75) is 32.4 Å². The molecule has 2 aliphatic heterocycles. The molecule has 4 rings (SSSR count). The molecule has 0 radical (unpaired) electrons. The Labute approximate surface area is 167 Å². The van der Waals surface area contributed by atoms with Gasteiger partial charge in [-0.05, 0) is 37.5 Å². The van der Waals surface area contributed by atoms with Crippen LogP contribution in [0.15, 0.2) is 54.6 Å². The number of fused-ring (bicyclic) bond motifs is 1. The van der Waals surface area contributed by atoms with Crippen LogP contribution in [0.3, 0.4) is 0 Å². The van der Waals surface area contributed by atoms with Gasteiger partial charge in [0.05, 0.1) is 13.2 Å². The molecule has 1 saturated heterocycles. The molecule has 1 fully saturated rings. The van der Waals surface area contributed by atoms with Crippen molar-refractivity contribution in [2.75, 3.05) is 26.3 Å². The van der Waals surface area contributed by atoms with Gasteiger partial charge in [-0.2, -0.15) is 0 Å². The lowest BCUT2D eigenvalue weighted by Crippen LogP contribution is -2.44. The number of rotatable bonds is 4. The summed E-state index contributed by atoms with van der Waals surface area (Å²) in [5.74, 6) is 0.0327. The second-order valence-corrected chi connectivity index (χ2v) is 8.35. The zero-order valence-corrected chi connectivity index (χ0v) is 16.7. The Bertz CT molecular complexity index is 881. The van der Waals surface area contributed by atoms with Crippen LogP contribution in [-0.2, 0) is 17.7 Å². The molecule has 2 aliphatic rings. The first-order valence-corrected chi connectivity index (χ1v) is 10.0. The summed E-state index contributed by atoms with van der Waals surface area (Å²) >= 11 is 0. The number of benzene rings is 2. The van der Waals surface area contributed by atoms with Crippen LogP contribution < -0.4 is 5.32 Å². The van der Waals surface area contributed by atoms with E-state index < -0.39 is 0 Å². The van der Waals surface area contributed by atoms with Gasteiger partial charge in [0.1, 0.15) is 0 Å². The van der Waals surface area contributed by atoms with Crippen molar-refractivity contribution >= 4 is 11.5 Å². The van der Waals surface area contributed by atoms with Crippen LogP contribution in [-0.4, -0.2) is 42.5 Å². The number of allylic oxidation sites excluding steroid dienone is 1. The molecule has 4 nitrogen and oxygen atoms in total. The SMILES string of the molecule is CC1(C)Cc2ccc(CN3CCOCC3)cc2/C(=C/C(=O)c2ccccc2)N1. The first-order valence-electron chi connectivity index (χ1n) is 10.0. The molecule has 4 heteroatoms. The number of ether oxygens (including phenoxy) is 1. The number of nitrogens with one attached hydrogen (secondary N) is 1. The van der Waals surface area contributed by atoms with Gasteiger partial charge >= 0.3 is 0 Å². The molecular formula is C24H28N2O2. The Morgan fingerprint density at radius 3 is 2.64 bits per heavy atom. The van der Waals surface area contributed by atoms with Crippen molar-refractivity contribution in [1.82, 2.24) is 10.2 Å². The van der Waals surface area contributed by atoms with Gasteiger partial charge in [0.25, 0.3) is 0 Å². The van der Waals surface area contributed by atoms with Crippen LogP contribution >= 0.6 is 0 Å². The first-order chi connectivity index (χ1) is 13.5. The summed E-state index contributed by atoms with van der Waals surface area (Å²) < 4.78 is 5.46. The number of hydrogen-bond acceptors (Lipinski definition) is 4. The Morgan fingerprint density at radius 1 is 1.14 bits per heavy atom. The third-order valence-electron chi connectivity index (χ3n) is 5.41. The smallest absolute Gasteiger partial charge is 0.187 e. The minimum absolute atomic E-state index is 0.0327. The lowest BCUT2D eigenvalue weighted by molar-refractivity contribution is 0.0342. The molecule has 146 valence electrons. The molecule has 2 aromatic carbocycles. The lowest BCUT2D eigenvalue weighted by Gasteiger charge is -2.36. The van der Waals surface area contributed by atoms with Gasteiger partial charge in [-0.3, -0.25) is 9.69 Å². The number of morpholine rings is 1. The summed E-state index contributed by atoms with van der Waals surface area (Å²) in [6.45, 7) is 8.82. The molecular weight excluding hydrogens is 348 g/mol. The topological polar surface area (TPSA) is 41.6 Å². The van der Waals surface area contributed by atoms with E-state index in [9.17, 15) is 4.79 Å². The first kappa shape index (κ1) is 18.9. The van der Waals surface area contributed by atoms with Crippen molar-refractivity contribution in [3.8, 4) is 0 Å². The van der Waals surface area contributed by atoms with E-state index in [1.54, 1.807) is 6.08 Å². The van der Waals surface area contributed by atoms with Gasteiger partial charge < -0.3 is 10.1 Å². The molecule has 2 heterocycles. The van der Waals surface area contributed by atoms with Gasteiger partial charge in [-0.15, -0.1) is 0 Å². The summed E-state index contributed by atoms with van der Waals surface area (Å²) in [7, 11) is 0. The van der Waals surface area contributed by atoms with Crippen molar-refractivity contribution in [3.05, 3.63) is 76.9 Å². The molecule has 0 bridgehead atoms. The van der Waals surface area contributed by atoms with Crippen molar-refractivity contribution in [2.24, 2.45) is 0 Å². The fourth-order valence-corrected chi connectivity index (χ4v) is 4.03. The number of ketones is 1. The van der Waals surface area contributed by atoms with E-state index in [0.29, 0.717) is 5.56 Å². The third kappa shape index (κ3) is 4.34. The molecule has 0 spiro atoms. The van der Waals surface area contributed by atoms with Crippen LogP contribution in [0.4, 0.5) is 0 Å². The Kier molecular flexibility index (Phi) is 5.33. The molecule has 0 unspecified atom stereocenters. The maximum absolute atomic E-state index is 12.8. The normalized spacial score (nSPS) is 20.4. The monoisotopic (exact) mass is 376 g/mol. The van der Waals surface area contributed by atoms with Gasteiger partial charge in [0.2, 0.25) is 0 Å². The summed E-state index contributed by atoms with van der Waals surface area (Å²) in [5, 5.41) is 3.59. The molecule has 0 saturated carbocycles. The van der Waals surface area contributed by atoms with Crippen LogP contribution in [0.5, 0.6) is 0 Å².